The van der Waals surface area contributed by atoms with Crippen molar-refractivity contribution in [3.05, 3.63) is 40.5 Å². The first-order chi connectivity index (χ1) is 9.73. The van der Waals surface area contributed by atoms with Gasteiger partial charge in [0.15, 0.2) is 0 Å². The first kappa shape index (κ1) is 15.7. The van der Waals surface area contributed by atoms with Crippen LogP contribution in [0.3, 0.4) is 0 Å². The molecule has 0 saturated heterocycles. The Balaban J connectivity index is 2.08. The van der Waals surface area contributed by atoms with Crippen molar-refractivity contribution in [2.45, 2.75) is 59.5 Å². The normalized spacial score (nSPS) is 25.3. The predicted molar refractivity (Wildman–Crippen MR) is 89.5 cm³/mol. The second-order valence-corrected chi connectivity index (χ2v) is 19.0. The fourth-order valence-electron chi connectivity index (χ4n) is 4.44. The van der Waals surface area contributed by atoms with Gasteiger partial charge in [0, 0.05) is 0 Å². The van der Waals surface area contributed by atoms with E-state index in [0.29, 0.717) is 8.59 Å². The van der Waals surface area contributed by atoms with Gasteiger partial charge in [0.25, 0.3) is 0 Å². The first-order valence-electron chi connectivity index (χ1n) is 8.40. The number of allylic oxidation sites excluding steroid dienone is 1. The van der Waals surface area contributed by atoms with Gasteiger partial charge >= 0.3 is 139 Å². The Morgan fingerprint density at radius 1 is 1.10 bits per heavy atom. The summed E-state index contributed by atoms with van der Waals surface area (Å²) in [5.41, 5.74) is 6.95. The summed E-state index contributed by atoms with van der Waals surface area (Å²) in [6.07, 6.45) is 8.92. The van der Waals surface area contributed by atoms with E-state index < -0.39 is 21.4 Å². The number of rotatable bonds is 3. The van der Waals surface area contributed by atoms with E-state index in [-0.39, 0.29) is 0 Å². The molecule has 0 saturated carbocycles. The van der Waals surface area contributed by atoms with Gasteiger partial charge < -0.3 is 0 Å². The summed E-state index contributed by atoms with van der Waals surface area (Å²) < 4.78 is 5.67. The zero-order chi connectivity index (χ0) is 15.4. The zero-order valence-electron chi connectivity index (χ0n) is 14.5. The van der Waals surface area contributed by atoms with E-state index in [0.717, 1.165) is 5.92 Å². The minimum absolute atomic E-state index is 0.462. The average molecular weight is 448 g/mol. The molecule has 0 nitrogen and oxygen atoms in total. The Hall–Kier alpha value is -0.170. The van der Waals surface area contributed by atoms with Gasteiger partial charge in [-0.1, -0.05) is 0 Å². The van der Waals surface area contributed by atoms with Crippen molar-refractivity contribution in [3.8, 4) is 0 Å². The van der Waals surface area contributed by atoms with Crippen molar-refractivity contribution < 1.29 is 21.4 Å². The molecule has 0 radical (unpaired) electrons. The van der Waals surface area contributed by atoms with Crippen LogP contribution in [0.5, 0.6) is 0 Å². The SMILES string of the molecule is CC(C)C[C]1([Hf]([CH3])[CH3])C=Cc2cc3c(cc21)CC(C)(C)C3. The van der Waals surface area contributed by atoms with Gasteiger partial charge in [-0.05, 0) is 0 Å². The van der Waals surface area contributed by atoms with Crippen LogP contribution in [0.1, 0.15) is 56.4 Å². The zero-order valence-corrected chi connectivity index (χ0v) is 18.1. The molecule has 1 aromatic carbocycles. The monoisotopic (exact) mass is 449 g/mol. The molecule has 3 rings (SSSR count). The molecule has 0 spiro atoms. The van der Waals surface area contributed by atoms with Gasteiger partial charge in [0.05, 0.1) is 0 Å². The predicted octanol–water partition coefficient (Wildman–Crippen LogP) is 5.79. The van der Waals surface area contributed by atoms with Crippen molar-refractivity contribution >= 4 is 6.08 Å². The summed E-state index contributed by atoms with van der Waals surface area (Å²) in [4.78, 5) is 0. The molecule has 0 amide bonds. The van der Waals surface area contributed by atoms with Crippen LogP contribution in [-0.4, -0.2) is 0 Å². The molecule has 0 heterocycles. The van der Waals surface area contributed by atoms with Gasteiger partial charge in [-0.3, -0.25) is 0 Å². The summed E-state index contributed by atoms with van der Waals surface area (Å²) in [5.74, 6) is 0.783. The third kappa shape index (κ3) is 2.64. The van der Waals surface area contributed by atoms with Crippen LogP contribution in [0.4, 0.5) is 0 Å². The van der Waals surface area contributed by atoms with Gasteiger partial charge in [-0.2, -0.15) is 0 Å². The number of hydrogen-bond donors (Lipinski definition) is 0. The van der Waals surface area contributed by atoms with E-state index in [1.807, 2.05) is 0 Å². The second kappa shape index (κ2) is 5.18. The van der Waals surface area contributed by atoms with E-state index in [4.69, 9.17) is 0 Å². The van der Waals surface area contributed by atoms with Crippen LogP contribution in [0, 0.1) is 11.3 Å². The molecule has 0 aromatic heterocycles. The summed E-state index contributed by atoms with van der Waals surface area (Å²) in [7, 11) is 0. The number of hydrogen-bond acceptors (Lipinski definition) is 0. The maximum atomic E-state index is 2.61. The Labute approximate surface area is 138 Å². The molecular weight excluding hydrogens is 419 g/mol. The summed E-state index contributed by atoms with van der Waals surface area (Å²) >= 11 is -1.58. The third-order valence-corrected chi connectivity index (χ3v) is 14.1. The van der Waals surface area contributed by atoms with E-state index in [9.17, 15) is 0 Å². The van der Waals surface area contributed by atoms with Crippen LogP contribution in [0.25, 0.3) is 6.08 Å². The van der Waals surface area contributed by atoms with Gasteiger partial charge in [0.2, 0.25) is 0 Å². The molecular formula is C20H29Hf. The standard InChI is InChI=1S/C18H23.2CH3.Hf/c1-12(2)7-13-5-6-14-8-15-10-18(3,4)11-16(15)9-17(13)14;;;/h5-6,8-9,12H,7,10-11H2,1-4H3;2*1H3;. The minimum atomic E-state index is -1.58. The molecule has 0 fully saturated rings. The van der Waals surface area contributed by atoms with E-state index in [1.165, 1.54) is 19.3 Å². The van der Waals surface area contributed by atoms with Gasteiger partial charge in [-0.25, -0.2) is 0 Å². The topological polar surface area (TPSA) is 0 Å². The molecule has 1 atom stereocenters. The van der Waals surface area contributed by atoms with Crippen LogP contribution < -0.4 is 0 Å². The third-order valence-electron chi connectivity index (χ3n) is 5.36. The van der Waals surface area contributed by atoms with Crippen LogP contribution in [-0.2, 0) is 37.5 Å². The van der Waals surface area contributed by atoms with Gasteiger partial charge in [-0.15, -0.1) is 0 Å². The molecule has 1 unspecified atom stereocenters. The van der Waals surface area contributed by atoms with Crippen LogP contribution in [0.2, 0.25) is 9.36 Å². The summed E-state index contributed by atoms with van der Waals surface area (Å²) in [6.45, 7) is 9.60. The summed E-state index contributed by atoms with van der Waals surface area (Å²) in [6, 6.07) is 5.13. The Morgan fingerprint density at radius 2 is 1.71 bits per heavy atom. The van der Waals surface area contributed by atoms with E-state index in [1.54, 1.807) is 22.3 Å². The van der Waals surface area contributed by atoms with E-state index in [2.05, 4.69) is 61.3 Å². The fourth-order valence-corrected chi connectivity index (χ4v) is 11.6. The van der Waals surface area contributed by atoms with Crippen molar-refractivity contribution in [1.29, 1.82) is 0 Å². The quantitative estimate of drug-likeness (QED) is 0.514. The molecule has 113 valence electrons. The van der Waals surface area contributed by atoms with E-state index >= 15 is 0 Å². The van der Waals surface area contributed by atoms with Crippen LogP contribution >= 0.6 is 0 Å². The van der Waals surface area contributed by atoms with Gasteiger partial charge in [0.1, 0.15) is 0 Å². The molecule has 0 bridgehead atoms. The van der Waals surface area contributed by atoms with Crippen molar-refractivity contribution in [1.82, 2.24) is 0 Å². The number of fused-ring (bicyclic) bond motifs is 2. The molecule has 1 aromatic rings. The Bertz CT molecular complexity index is 592. The van der Waals surface area contributed by atoms with Crippen molar-refractivity contribution in [2.75, 3.05) is 0 Å². The summed E-state index contributed by atoms with van der Waals surface area (Å²) in [5, 5.41) is 0. The van der Waals surface area contributed by atoms with Crippen LogP contribution in [0.15, 0.2) is 18.2 Å². The van der Waals surface area contributed by atoms with Crippen molar-refractivity contribution in [2.24, 2.45) is 11.3 Å². The Morgan fingerprint density at radius 3 is 2.29 bits per heavy atom. The Kier molecular flexibility index (Phi) is 3.88. The molecule has 0 N–H and O–H groups in total. The molecule has 0 aliphatic heterocycles. The maximum absolute atomic E-state index is 2.61. The molecule has 2 aliphatic rings. The molecule has 1 heteroatoms. The number of benzene rings is 1. The average Bonchev–Trinajstić information content (AvgIpc) is 2.82. The fraction of sp³-hybridized carbons (Fsp3) is 0.600. The molecule has 21 heavy (non-hydrogen) atoms. The molecule has 2 aliphatic carbocycles. The second-order valence-electron chi connectivity index (χ2n) is 8.63. The first-order valence-corrected chi connectivity index (χ1v) is 17.4. The van der Waals surface area contributed by atoms with Crippen molar-refractivity contribution in [3.63, 3.8) is 0 Å².